The molecule has 0 bridgehead atoms. The van der Waals surface area contributed by atoms with E-state index in [1.807, 2.05) is 18.7 Å². The summed E-state index contributed by atoms with van der Waals surface area (Å²) in [7, 11) is 0. The molecule has 0 spiro atoms. The Hall–Kier alpha value is -2.28. The molecule has 5 nitrogen and oxygen atoms in total. The van der Waals surface area contributed by atoms with Gasteiger partial charge in [0.05, 0.1) is 5.39 Å². The number of nitrogens with zero attached hydrogens (tertiary/aromatic N) is 2. The van der Waals surface area contributed by atoms with Crippen molar-refractivity contribution in [2.45, 2.75) is 13.8 Å². The van der Waals surface area contributed by atoms with Gasteiger partial charge in [0.1, 0.15) is 6.67 Å². The SMILES string of the molecule is CCN(CC)c1nc(=O)c2cc(NC(=O)/C=C/CF)ccc2s1. The quantitative estimate of drug-likeness (QED) is 0.825. The molecule has 0 radical (unpaired) electrons. The fourth-order valence-corrected chi connectivity index (χ4v) is 3.20. The van der Waals surface area contributed by atoms with Gasteiger partial charge >= 0.3 is 0 Å². The number of carbonyl (C=O) groups is 1. The first-order valence-corrected chi connectivity index (χ1v) is 8.14. The van der Waals surface area contributed by atoms with E-state index < -0.39 is 12.6 Å². The summed E-state index contributed by atoms with van der Waals surface area (Å²) in [6.45, 7) is 4.88. The minimum Gasteiger partial charge on any atom is -0.349 e. The number of fused-ring (bicyclic) bond motifs is 1. The molecule has 0 unspecified atom stereocenters. The van der Waals surface area contributed by atoms with Gasteiger partial charge in [-0.3, -0.25) is 9.59 Å². The average molecular weight is 335 g/mol. The number of nitrogens with one attached hydrogen (secondary N) is 1. The highest BCUT2D eigenvalue weighted by atomic mass is 32.1. The molecule has 0 atom stereocenters. The standard InChI is InChI=1S/C16H18FN3O2S/c1-3-20(4-2)16-19-15(22)12-10-11(7-8-13(12)23-16)18-14(21)6-5-9-17/h5-8,10H,3-4,9H2,1-2H3,(H,18,21)/b6-5+. The number of benzene rings is 1. The van der Waals surface area contributed by atoms with Crippen molar-refractivity contribution in [1.82, 2.24) is 4.98 Å². The Bertz CT molecular complexity index is 784. The van der Waals surface area contributed by atoms with Crippen LogP contribution in [0.15, 0.2) is 35.1 Å². The molecule has 0 saturated heterocycles. The van der Waals surface area contributed by atoms with Crippen LogP contribution in [0.3, 0.4) is 0 Å². The van der Waals surface area contributed by atoms with E-state index in [2.05, 4.69) is 10.3 Å². The van der Waals surface area contributed by atoms with Gasteiger partial charge in [0.15, 0.2) is 5.13 Å². The molecule has 122 valence electrons. The summed E-state index contributed by atoms with van der Waals surface area (Å²) in [6, 6.07) is 5.09. The number of rotatable bonds is 6. The van der Waals surface area contributed by atoms with E-state index in [9.17, 15) is 14.0 Å². The first-order chi connectivity index (χ1) is 11.1. The van der Waals surface area contributed by atoms with Gasteiger partial charge in [-0.15, -0.1) is 0 Å². The Morgan fingerprint density at radius 2 is 2.13 bits per heavy atom. The molecule has 0 saturated carbocycles. The zero-order chi connectivity index (χ0) is 16.8. The van der Waals surface area contributed by atoms with E-state index in [1.165, 1.54) is 11.3 Å². The lowest BCUT2D eigenvalue weighted by molar-refractivity contribution is -0.111. The number of allylic oxidation sites excluding steroid dienone is 1. The first kappa shape index (κ1) is 17.1. The van der Waals surface area contributed by atoms with E-state index >= 15 is 0 Å². The van der Waals surface area contributed by atoms with Gasteiger partial charge in [-0.25, -0.2) is 4.39 Å². The van der Waals surface area contributed by atoms with Crippen LogP contribution in [0.5, 0.6) is 0 Å². The van der Waals surface area contributed by atoms with Gasteiger partial charge in [-0.2, -0.15) is 4.98 Å². The lowest BCUT2D eigenvalue weighted by Gasteiger charge is -2.18. The summed E-state index contributed by atoms with van der Waals surface area (Å²) in [5.74, 6) is -0.439. The monoisotopic (exact) mass is 335 g/mol. The lowest BCUT2D eigenvalue weighted by atomic mass is 10.2. The summed E-state index contributed by atoms with van der Waals surface area (Å²) in [6.07, 6.45) is 2.24. The van der Waals surface area contributed by atoms with E-state index in [0.717, 1.165) is 29.9 Å². The van der Waals surface area contributed by atoms with Gasteiger partial charge in [-0.1, -0.05) is 11.3 Å². The highest BCUT2D eigenvalue weighted by Crippen LogP contribution is 2.25. The van der Waals surface area contributed by atoms with Crippen LogP contribution in [0.25, 0.3) is 10.1 Å². The van der Waals surface area contributed by atoms with Gasteiger partial charge in [0.2, 0.25) is 5.91 Å². The highest BCUT2D eigenvalue weighted by Gasteiger charge is 2.10. The number of alkyl halides is 1. The maximum absolute atomic E-state index is 12.2. The van der Waals surface area contributed by atoms with Crippen LogP contribution in [0, 0.1) is 0 Å². The zero-order valence-electron chi connectivity index (χ0n) is 13.0. The van der Waals surface area contributed by atoms with E-state index in [1.54, 1.807) is 18.2 Å². The summed E-state index contributed by atoms with van der Waals surface area (Å²) < 4.78 is 12.8. The van der Waals surface area contributed by atoms with Gasteiger partial charge < -0.3 is 10.2 Å². The van der Waals surface area contributed by atoms with Crippen LogP contribution < -0.4 is 15.8 Å². The van der Waals surface area contributed by atoms with E-state index in [0.29, 0.717) is 16.2 Å². The van der Waals surface area contributed by atoms with Crippen molar-refractivity contribution in [2.24, 2.45) is 0 Å². The molecule has 1 amide bonds. The summed E-state index contributed by atoms with van der Waals surface area (Å²) in [5, 5.41) is 3.74. The Labute approximate surface area is 137 Å². The third-order valence-electron chi connectivity index (χ3n) is 3.27. The van der Waals surface area contributed by atoms with Gasteiger partial charge in [0.25, 0.3) is 5.56 Å². The maximum atomic E-state index is 12.2. The van der Waals surface area contributed by atoms with E-state index in [-0.39, 0.29) is 5.56 Å². The van der Waals surface area contributed by atoms with Crippen LogP contribution in [-0.2, 0) is 4.79 Å². The second-order valence-electron chi connectivity index (χ2n) is 4.73. The Morgan fingerprint density at radius 1 is 1.39 bits per heavy atom. The molecule has 7 heteroatoms. The van der Waals surface area contributed by atoms with Crippen LogP contribution in [0.4, 0.5) is 15.2 Å². The molecule has 0 aliphatic heterocycles. The summed E-state index contributed by atoms with van der Waals surface area (Å²) >= 11 is 1.44. The Morgan fingerprint density at radius 3 is 2.78 bits per heavy atom. The molecule has 1 aromatic heterocycles. The van der Waals surface area contributed by atoms with Crippen molar-refractivity contribution >= 4 is 38.1 Å². The molecule has 0 fully saturated rings. The lowest BCUT2D eigenvalue weighted by Crippen LogP contribution is -2.24. The minimum absolute atomic E-state index is 0.323. The average Bonchev–Trinajstić information content (AvgIpc) is 2.54. The Balaban J connectivity index is 2.36. The number of hydrogen-bond acceptors (Lipinski definition) is 5. The minimum atomic E-state index is -0.699. The second kappa shape index (κ2) is 7.82. The van der Waals surface area contributed by atoms with Gasteiger partial charge in [0, 0.05) is 29.6 Å². The largest absolute Gasteiger partial charge is 0.349 e. The number of anilines is 2. The van der Waals surface area contributed by atoms with E-state index in [4.69, 9.17) is 0 Å². The summed E-state index contributed by atoms with van der Waals surface area (Å²) in [4.78, 5) is 29.9. The molecular formula is C16H18FN3O2S. The number of amides is 1. The third kappa shape index (κ3) is 4.13. The van der Waals surface area contributed by atoms with Crippen molar-refractivity contribution in [3.05, 3.63) is 40.7 Å². The summed E-state index contributed by atoms with van der Waals surface area (Å²) in [5.41, 5.74) is 0.156. The molecule has 1 N–H and O–H groups in total. The normalized spacial score (nSPS) is 11.1. The number of halogens is 1. The molecule has 0 aliphatic rings. The zero-order valence-corrected chi connectivity index (χ0v) is 13.8. The second-order valence-corrected chi connectivity index (χ2v) is 5.74. The first-order valence-electron chi connectivity index (χ1n) is 7.32. The third-order valence-corrected chi connectivity index (χ3v) is 4.38. The van der Waals surface area contributed by atoms with Crippen molar-refractivity contribution < 1.29 is 9.18 Å². The molecule has 23 heavy (non-hydrogen) atoms. The molecule has 1 aromatic carbocycles. The molecule has 0 aliphatic carbocycles. The predicted octanol–water partition coefficient (Wildman–Crippen LogP) is 2.97. The van der Waals surface area contributed by atoms with Crippen molar-refractivity contribution in [3.8, 4) is 0 Å². The molecular weight excluding hydrogens is 317 g/mol. The Kier molecular flexibility index (Phi) is 5.81. The van der Waals surface area contributed by atoms with Crippen molar-refractivity contribution in [3.63, 3.8) is 0 Å². The van der Waals surface area contributed by atoms with Crippen LogP contribution in [0.1, 0.15) is 13.8 Å². The smallest absolute Gasteiger partial charge is 0.281 e. The van der Waals surface area contributed by atoms with Crippen LogP contribution in [-0.4, -0.2) is 30.7 Å². The van der Waals surface area contributed by atoms with Crippen LogP contribution in [0.2, 0.25) is 0 Å². The maximum Gasteiger partial charge on any atom is 0.281 e. The van der Waals surface area contributed by atoms with Gasteiger partial charge in [-0.05, 0) is 38.1 Å². The molecule has 1 heterocycles. The molecule has 2 rings (SSSR count). The van der Waals surface area contributed by atoms with Crippen LogP contribution >= 0.6 is 11.3 Å². The molecule has 2 aromatic rings. The highest BCUT2D eigenvalue weighted by molar-refractivity contribution is 7.21. The fourth-order valence-electron chi connectivity index (χ4n) is 2.10. The fraction of sp³-hybridized carbons (Fsp3) is 0.312. The number of carbonyl (C=O) groups excluding carboxylic acids is 1. The van der Waals surface area contributed by atoms with Crippen molar-refractivity contribution in [1.29, 1.82) is 0 Å². The topological polar surface area (TPSA) is 62.3 Å². The number of hydrogen-bond donors (Lipinski definition) is 1. The van der Waals surface area contributed by atoms with Crippen molar-refractivity contribution in [2.75, 3.05) is 30.0 Å². The number of aromatic nitrogens is 1. The predicted molar refractivity (Wildman–Crippen MR) is 93.2 cm³/mol.